The second kappa shape index (κ2) is 6.72. The molecular weight excluding hydrogens is 340 g/mol. The first-order chi connectivity index (χ1) is 11.9. The average molecular weight is 359 g/mol. The van der Waals surface area contributed by atoms with E-state index in [0.717, 1.165) is 11.3 Å². The summed E-state index contributed by atoms with van der Waals surface area (Å²) in [5.74, 6) is 0.179. The summed E-state index contributed by atoms with van der Waals surface area (Å²) in [6.45, 7) is 5.88. The number of carboxylic acid groups (broad SMARTS) is 1. The smallest absolute Gasteiger partial charge is 0.412 e. The zero-order valence-electron chi connectivity index (χ0n) is 14.2. The number of imidazole rings is 1. The number of rotatable bonds is 4. The van der Waals surface area contributed by atoms with Gasteiger partial charge in [-0.2, -0.15) is 5.10 Å². The number of carbonyl (C=O) groups is 1. The van der Waals surface area contributed by atoms with Crippen LogP contribution in [0.1, 0.15) is 44.0 Å². The quantitative estimate of drug-likeness (QED) is 0.730. The van der Waals surface area contributed by atoms with Gasteiger partial charge in [-0.3, -0.25) is 4.90 Å². The van der Waals surface area contributed by atoms with Gasteiger partial charge in [0.25, 0.3) is 0 Å². The molecule has 25 heavy (non-hydrogen) atoms. The number of nitrogens with zero attached hydrogens (tertiary/aromatic N) is 4. The molecule has 0 radical (unpaired) electrons. The number of fused-ring (bicyclic) bond motifs is 1. The van der Waals surface area contributed by atoms with Crippen molar-refractivity contribution in [2.75, 3.05) is 4.90 Å². The molecule has 7 heteroatoms. The predicted molar refractivity (Wildman–Crippen MR) is 97.4 cm³/mol. The molecule has 0 aliphatic rings. The van der Waals surface area contributed by atoms with Crippen molar-refractivity contribution in [2.24, 2.45) is 0 Å². The zero-order valence-corrected chi connectivity index (χ0v) is 15.0. The Morgan fingerprint density at radius 1 is 1.24 bits per heavy atom. The lowest BCUT2D eigenvalue weighted by atomic mass is 10.1. The lowest BCUT2D eigenvalue weighted by Gasteiger charge is -2.27. The van der Waals surface area contributed by atoms with Gasteiger partial charge in [0.15, 0.2) is 10.8 Å². The number of benzene rings is 1. The third kappa shape index (κ3) is 3.17. The minimum atomic E-state index is -1.07. The van der Waals surface area contributed by atoms with Crippen LogP contribution in [0.2, 0.25) is 5.15 Å². The predicted octanol–water partition coefficient (Wildman–Crippen LogP) is 4.75. The molecule has 130 valence electrons. The Hall–Kier alpha value is -2.60. The Morgan fingerprint density at radius 3 is 2.52 bits per heavy atom. The normalized spacial score (nSPS) is 12.5. The molecule has 3 aromatic rings. The van der Waals surface area contributed by atoms with E-state index in [2.05, 4.69) is 10.1 Å². The Kier molecular flexibility index (Phi) is 4.63. The van der Waals surface area contributed by atoms with E-state index >= 15 is 0 Å². The highest BCUT2D eigenvalue weighted by molar-refractivity contribution is 6.29. The molecule has 2 heterocycles. The number of hydrogen-bond acceptors (Lipinski definition) is 3. The Morgan fingerprint density at radius 2 is 1.92 bits per heavy atom. The van der Waals surface area contributed by atoms with E-state index in [9.17, 15) is 9.90 Å². The fourth-order valence-corrected chi connectivity index (χ4v) is 3.05. The van der Waals surface area contributed by atoms with Crippen LogP contribution in [0, 0.1) is 0 Å². The molecule has 1 unspecified atom stereocenters. The fraction of sp³-hybridized carbons (Fsp3) is 0.278. The van der Waals surface area contributed by atoms with Crippen molar-refractivity contribution in [3.63, 3.8) is 0 Å². The van der Waals surface area contributed by atoms with Gasteiger partial charge in [0.1, 0.15) is 0 Å². The molecule has 1 atom stereocenters. The zero-order chi connectivity index (χ0) is 18.1. The molecule has 6 nitrogen and oxygen atoms in total. The van der Waals surface area contributed by atoms with E-state index in [0.29, 0.717) is 11.3 Å². The van der Waals surface area contributed by atoms with Crippen LogP contribution in [0.25, 0.3) is 5.65 Å². The SMILES string of the molecule is CC(C)c1cnc2c(N(C(=O)O)C(C)c3ccccc3)cc(Cl)nn12. The van der Waals surface area contributed by atoms with Crippen LogP contribution < -0.4 is 4.90 Å². The Bertz CT molecular complexity index is 908. The maximum Gasteiger partial charge on any atom is 0.412 e. The van der Waals surface area contributed by atoms with Crippen LogP contribution in [-0.2, 0) is 0 Å². The molecule has 1 aromatic carbocycles. The van der Waals surface area contributed by atoms with Crippen molar-refractivity contribution >= 4 is 29.0 Å². The van der Waals surface area contributed by atoms with Crippen LogP contribution in [0.5, 0.6) is 0 Å². The number of anilines is 1. The third-order valence-corrected chi connectivity index (χ3v) is 4.36. The molecule has 0 aliphatic carbocycles. The Labute approximate surface area is 150 Å². The molecule has 0 saturated heterocycles. The van der Waals surface area contributed by atoms with Crippen molar-refractivity contribution in [1.82, 2.24) is 14.6 Å². The largest absolute Gasteiger partial charge is 0.465 e. The van der Waals surface area contributed by atoms with Gasteiger partial charge in [-0.05, 0) is 18.4 Å². The standard InChI is InChI=1S/C18H19ClN4O2/c1-11(2)15-10-20-17-14(9-16(19)21-23(15)17)22(18(24)25)12(3)13-7-5-4-6-8-13/h4-12H,1-3H3,(H,24,25). The van der Waals surface area contributed by atoms with Gasteiger partial charge in [0.2, 0.25) is 0 Å². The molecule has 1 N–H and O–H groups in total. The third-order valence-electron chi connectivity index (χ3n) is 4.17. The molecule has 0 spiro atoms. The van der Waals surface area contributed by atoms with Gasteiger partial charge >= 0.3 is 6.09 Å². The van der Waals surface area contributed by atoms with Crippen LogP contribution in [0.3, 0.4) is 0 Å². The summed E-state index contributed by atoms with van der Waals surface area (Å²) in [7, 11) is 0. The highest BCUT2D eigenvalue weighted by Crippen LogP contribution is 2.32. The summed E-state index contributed by atoms with van der Waals surface area (Å²) in [5.41, 5.74) is 2.64. The van der Waals surface area contributed by atoms with E-state index in [4.69, 9.17) is 11.6 Å². The lowest BCUT2D eigenvalue weighted by Crippen LogP contribution is -2.32. The Balaban J connectivity index is 2.19. The molecule has 1 amide bonds. The van der Waals surface area contributed by atoms with E-state index in [1.54, 1.807) is 16.8 Å². The topological polar surface area (TPSA) is 70.7 Å². The number of amides is 1. The first kappa shape index (κ1) is 17.2. The second-order valence-corrected chi connectivity index (χ2v) is 6.55. The van der Waals surface area contributed by atoms with Crippen molar-refractivity contribution in [1.29, 1.82) is 0 Å². The summed E-state index contributed by atoms with van der Waals surface area (Å²) in [4.78, 5) is 17.7. The molecular formula is C18H19ClN4O2. The van der Waals surface area contributed by atoms with Crippen LogP contribution >= 0.6 is 11.6 Å². The monoisotopic (exact) mass is 358 g/mol. The van der Waals surface area contributed by atoms with Crippen molar-refractivity contribution in [3.05, 3.63) is 59.0 Å². The van der Waals surface area contributed by atoms with Crippen LogP contribution in [0.15, 0.2) is 42.6 Å². The summed E-state index contributed by atoms with van der Waals surface area (Å²) in [5, 5.41) is 14.4. The summed E-state index contributed by atoms with van der Waals surface area (Å²) < 4.78 is 1.62. The molecule has 0 bridgehead atoms. The highest BCUT2D eigenvalue weighted by Gasteiger charge is 2.27. The molecule has 2 aromatic heterocycles. The number of aromatic nitrogens is 3. The minimum Gasteiger partial charge on any atom is -0.465 e. The van der Waals surface area contributed by atoms with Crippen LogP contribution in [0.4, 0.5) is 10.5 Å². The van der Waals surface area contributed by atoms with Gasteiger partial charge < -0.3 is 5.11 Å². The van der Waals surface area contributed by atoms with E-state index in [1.807, 2.05) is 51.1 Å². The van der Waals surface area contributed by atoms with Gasteiger partial charge in [-0.1, -0.05) is 55.8 Å². The molecule has 0 fully saturated rings. The highest BCUT2D eigenvalue weighted by atomic mass is 35.5. The first-order valence-electron chi connectivity index (χ1n) is 8.01. The van der Waals surface area contributed by atoms with E-state index < -0.39 is 12.1 Å². The maximum atomic E-state index is 12.0. The summed E-state index contributed by atoms with van der Waals surface area (Å²) in [6.07, 6.45) is 0.634. The molecule has 0 aliphatic heterocycles. The minimum absolute atomic E-state index is 0.179. The molecule has 3 rings (SSSR count). The van der Waals surface area contributed by atoms with E-state index in [1.165, 1.54) is 4.90 Å². The van der Waals surface area contributed by atoms with Gasteiger partial charge in [-0.25, -0.2) is 14.3 Å². The fourth-order valence-electron chi connectivity index (χ4n) is 2.87. The van der Waals surface area contributed by atoms with Crippen molar-refractivity contribution in [2.45, 2.75) is 32.7 Å². The second-order valence-electron chi connectivity index (χ2n) is 6.16. The molecule has 0 saturated carbocycles. The van der Waals surface area contributed by atoms with Gasteiger partial charge in [0.05, 0.1) is 23.6 Å². The van der Waals surface area contributed by atoms with Crippen molar-refractivity contribution < 1.29 is 9.90 Å². The number of halogens is 1. The summed E-state index contributed by atoms with van der Waals surface area (Å²) in [6, 6.07) is 10.6. The van der Waals surface area contributed by atoms with Gasteiger partial charge in [-0.15, -0.1) is 0 Å². The average Bonchev–Trinajstić information content (AvgIpc) is 2.99. The van der Waals surface area contributed by atoms with E-state index in [-0.39, 0.29) is 11.1 Å². The maximum absolute atomic E-state index is 12.0. The van der Waals surface area contributed by atoms with Gasteiger partial charge in [0, 0.05) is 6.07 Å². The lowest BCUT2D eigenvalue weighted by molar-refractivity contribution is 0.199. The number of hydrogen-bond donors (Lipinski definition) is 1. The first-order valence-corrected chi connectivity index (χ1v) is 8.39. The van der Waals surface area contributed by atoms with Crippen LogP contribution in [-0.4, -0.2) is 25.8 Å². The summed E-state index contributed by atoms with van der Waals surface area (Å²) >= 11 is 6.18. The van der Waals surface area contributed by atoms with Crippen molar-refractivity contribution in [3.8, 4) is 0 Å².